The summed E-state index contributed by atoms with van der Waals surface area (Å²) in [6.07, 6.45) is 0. The zero-order chi connectivity index (χ0) is 9.68. The highest BCUT2D eigenvalue weighted by Crippen LogP contribution is 2.25. The van der Waals surface area contributed by atoms with Gasteiger partial charge in [0.05, 0.1) is 0 Å². The quantitative estimate of drug-likeness (QED) is 0.533. The van der Waals surface area contributed by atoms with Crippen molar-refractivity contribution in [2.75, 3.05) is 0 Å². The first-order valence-corrected chi connectivity index (χ1v) is 4.47. The van der Waals surface area contributed by atoms with E-state index in [2.05, 4.69) is 4.85 Å². The summed E-state index contributed by atoms with van der Waals surface area (Å²) in [5.74, 6) is -2.40. The lowest BCUT2D eigenvalue weighted by Gasteiger charge is -1.99. The monoisotopic (exact) mass is 199 g/mol. The van der Waals surface area contributed by atoms with Crippen LogP contribution in [-0.2, 0) is 6.54 Å². The fourth-order valence-corrected chi connectivity index (χ4v) is 1.49. The molecule has 0 aliphatic heterocycles. The van der Waals surface area contributed by atoms with E-state index in [9.17, 15) is 8.78 Å². The highest BCUT2D eigenvalue weighted by molar-refractivity contribution is 7.99. The number of benzene rings is 1. The van der Waals surface area contributed by atoms with Gasteiger partial charge < -0.3 is 4.85 Å². The highest BCUT2D eigenvalue weighted by atomic mass is 32.2. The lowest BCUT2D eigenvalue weighted by molar-refractivity contribution is 0.252. The smallest absolute Gasteiger partial charge is 0.288 e. The zero-order valence-electron chi connectivity index (χ0n) is 6.71. The molecule has 0 saturated carbocycles. The molecule has 0 bridgehead atoms. The number of alkyl halides is 2. The van der Waals surface area contributed by atoms with E-state index >= 15 is 0 Å². The minimum Gasteiger partial charge on any atom is -0.312 e. The molecule has 0 unspecified atom stereocenters. The van der Waals surface area contributed by atoms with Crippen LogP contribution in [0.5, 0.6) is 0 Å². The SMILES string of the molecule is [C-]#[N+]Cc1cccc(SC(F)F)c1. The molecule has 0 radical (unpaired) electrons. The van der Waals surface area contributed by atoms with Gasteiger partial charge in [-0.2, -0.15) is 8.78 Å². The molecule has 1 nitrogen and oxygen atoms in total. The maximum absolute atomic E-state index is 11.9. The summed E-state index contributed by atoms with van der Waals surface area (Å²) in [4.78, 5) is 3.69. The minimum atomic E-state index is -2.40. The van der Waals surface area contributed by atoms with Crippen molar-refractivity contribution >= 4 is 11.8 Å². The highest BCUT2D eigenvalue weighted by Gasteiger charge is 2.05. The molecular weight excluding hydrogens is 192 g/mol. The number of hydrogen-bond donors (Lipinski definition) is 0. The van der Waals surface area contributed by atoms with E-state index in [4.69, 9.17) is 6.57 Å². The summed E-state index contributed by atoms with van der Waals surface area (Å²) in [5, 5.41) is 0. The van der Waals surface area contributed by atoms with Crippen molar-refractivity contribution in [3.8, 4) is 0 Å². The third kappa shape index (κ3) is 3.43. The standard InChI is InChI=1S/C9H7F2NS/c1-12-6-7-3-2-4-8(5-7)13-9(10)11/h2-5,9H,6H2. The fourth-order valence-electron chi connectivity index (χ4n) is 0.911. The van der Waals surface area contributed by atoms with Crippen molar-refractivity contribution < 1.29 is 8.78 Å². The molecule has 4 heteroatoms. The van der Waals surface area contributed by atoms with Crippen LogP contribution in [0.4, 0.5) is 8.78 Å². The second kappa shape index (κ2) is 4.83. The lowest BCUT2D eigenvalue weighted by Crippen LogP contribution is -1.84. The number of halogens is 2. The summed E-state index contributed by atoms with van der Waals surface area (Å²) in [6.45, 7) is 6.87. The van der Waals surface area contributed by atoms with Gasteiger partial charge in [-0.3, -0.25) is 0 Å². The Balaban J connectivity index is 2.74. The van der Waals surface area contributed by atoms with Crippen LogP contribution >= 0.6 is 11.8 Å². The van der Waals surface area contributed by atoms with Gasteiger partial charge in [-0.05, 0) is 12.1 Å². The average Bonchev–Trinajstić information content (AvgIpc) is 2.04. The largest absolute Gasteiger partial charge is 0.312 e. The maximum atomic E-state index is 11.9. The molecule has 0 heterocycles. The van der Waals surface area contributed by atoms with Gasteiger partial charge in [0.2, 0.25) is 6.54 Å². The molecule has 0 spiro atoms. The van der Waals surface area contributed by atoms with Crippen LogP contribution in [0.15, 0.2) is 29.2 Å². The van der Waals surface area contributed by atoms with Gasteiger partial charge in [0, 0.05) is 10.5 Å². The molecule has 0 aliphatic carbocycles. The summed E-state index contributed by atoms with van der Waals surface area (Å²) in [6, 6.07) is 6.68. The van der Waals surface area contributed by atoms with E-state index in [-0.39, 0.29) is 6.54 Å². The molecular formula is C9H7F2NS. The lowest BCUT2D eigenvalue weighted by atomic mass is 10.2. The molecule has 1 rings (SSSR count). The first-order chi connectivity index (χ1) is 6.22. The molecule has 0 aromatic heterocycles. The van der Waals surface area contributed by atoms with E-state index in [0.717, 1.165) is 5.56 Å². The minimum absolute atomic E-state index is 0.248. The summed E-state index contributed by atoms with van der Waals surface area (Å²) in [5.41, 5.74) is 0.778. The molecule has 0 atom stereocenters. The predicted molar refractivity (Wildman–Crippen MR) is 48.6 cm³/mol. The molecule has 1 aromatic carbocycles. The molecule has 0 saturated heterocycles. The Kier molecular flexibility index (Phi) is 3.71. The van der Waals surface area contributed by atoms with Gasteiger partial charge in [-0.25, -0.2) is 6.57 Å². The third-order valence-corrected chi connectivity index (χ3v) is 2.09. The third-order valence-electron chi connectivity index (χ3n) is 1.39. The molecule has 0 amide bonds. The molecule has 1 aromatic rings. The Morgan fingerprint density at radius 3 is 2.85 bits per heavy atom. The Labute approximate surface area is 79.6 Å². The molecule has 0 N–H and O–H groups in total. The first kappa shape index (κ1) is 10.0. The van der Waals surface area contributed by atoms with Gasteiger partial charge in [-0.1, -0.05) is 23.9 Å². The Morgan fingerprint density at radius 2 is 2.23 bits per heavy atom. The van der Waals surface area contributed by atoms with Gasteiger partial charge in [0.1, 0.15) is 0 Å². The van der Waals surface area contributed by atoms with Gasteiger partial charge in [0.25, 0.3) is 5.76 Å². The van der Waals surface area contributed by atoms with Crippen molar-refractivity contribution in [3.05, 3.63) is 41.2 Å². The van der Waals surface area contributed by atoms with Crippen LogP contribution in [0.25, 0.3) is 4.85 Å². The van der Waals surface area contributed by atoms with Gasteiger partial charge in [-0.15, -0.1) is 0 Å². The summed E-state index contributed by atoms with van der Waals surface area (Å²) >= 11 is 0.502. The first-order valence-electron chi connectivity index (χ1n) is 3.59. The second-order valence-electron chi connectivity index (χ2n) is 2.34. The molecule has 13 heavy (non-hydrogen) atoms. The van der Waals surface area contributed by atoms with Crippen molar-refractivity contribution in [1.29, 1.82) is 0 Å². The summed E-state index contributed by atoms with van der Waals surface area (Å²) < 4.78 is 23.9. The van der Waals surface area contributed by atoms with Crippen LogP contribution in [-0.4, -0.2) is 5.76 Å². The topological polar surface area (TPSA) is 4.36 Å². The maximum Gasteiger partial charge on any atom is 0.288 e. The average molecular weight is 199 g/mol. The number of rotatable bonds is 3. The van der Waals surface area contributed by atoms with Crippen LogP contribution in [0.2, 0.25) is 0 Å². The van der Waals surface area contributed by atoms with Crippen molar-refractivity contribution in [1.82, 2.24) is 0 Å². The van der Waals surface area contributed by atoms with Crippen LogP contribution < -0.4 is 0 Å². The van der Waals surface area contributed by atoms with E-state index in [0.29, 0.717) is 16.7 Å². The molecule has 0 fully saturated rings. The van der Waals surface area contributed by atoms with Gasteiger partial charge in [0.15, 0.2) is 0 Å². The summed E-state index contributed by atoms with van der Waals surface area (Å²) in [7, 11) is 0. The van der Waals surface area contributed by atoms with Gasteiger partial charge >= 0.3 is 0 Å². The van der Waals surface area contributed by atoms with E-state index < -0.39 is 5.76 Å². The number of thioether (sulfide) groups is 1. The van der Waals surface area contributed by atoms with E-state index in [1.54, 1.807) is 24.3 Å². The molecule has 0 aliphatic rings. The van der Waals surface area contributed by atoms with E-state index in [1.165, 1.54) is 0 Å². The fraction of sp³-hybridized carbons (Fsp3) is 0.222. The second-order valence-corrected chi connectivity index (χ2v) is 3.41. The Hall–Kier alpha value is -1.08. The van der Waals surface area contributed by atoms with Crippen LogP contribution in [0, 0.1) is 6.57 Å². The normalized spacial score (nSPS) is 10.0. The molecule has 68 valence electrons. The van der Waals surface area contributed by atoms with Crippen LogP contribution in [0.1, 0.15) is 5.56 Å². The van der Waals surface area contributed by atoms with Crippen molar-refractivity contribution in [3.63, 3.8) is 0 Å². The predicted octanol–water partition coefficient (Wildman–Crippen LogP) is 3.42. The number of hydrogen-bond acceptors (Lipinski definition) is 1. The van der Waals surface area contributed by atoms with Crippen molar-refractivity contribution in [2.24, 2.45) is 0 Å². The Bertz CT molecular complexity index is 320. The number of nitrogens with zero attached hydrogens (tertiary/aromatic N) is 1. The van der Waals surface area contributed by atoms with Crippen LogP contribution in [0.3, 0.4) is 0 Å². The van der Waals surface area contributed by atoms with E-state index in [1.807, 2.05) is 0 Å². The van der Waals surface area contributed by atoms with Crippen molar-refractivity contribution in [2.45, 2.75) is 17.2 Å². The zero-order valence-corrected chi connectivity index (χ0v) is 7.52. The Morgan fingerprint density at radius 1 is 1.46 bits per heavy atom.